The van der Waals surface area contributed by atoms with Crippen molar-refractivity contribution in [2.24, 2.45) is 0 Å². The van der Waals surface area contributed by atoms with E-state index in [0.717, 1.165) is 5.01 Å². The van der Waals surface area contributed by atoms with Crippen molar-refractivity contribution in [2.45, 2.75) is 19.5 Å². The number of nitrogens with zero attached hydrogens (tertiary/aromatic N) is 1. The Kier molecular flexibility index (Phi) is 3.67. The molecule has 7 heteroatoms. The Morgan fingerprint density at radius 3 is 2.73 bits per heavy atom. The summed E-state index contributed by atoms with van der Waals surface area (Å²) in [6, 6.07) is 0. The number of thiazole rings is 1. The van der Waals surface area contributed by atoms with Crippen LogP contribution in [0.2, 0.25) is 0 Å². The second-order valence-electron chi connectivity index (χ2n) is 2.86. The summed E-state index contributed by atoms with van der Waals surface area (Å²) < 4.78 is 35.3. The third-order valence-corrected chi connectivity index (χ3v) is 2.41. The zero-order valence-corrected chi connectivity index (χ0v) is 8.71. The number of halogens is 3. The lowest BCUT2D eigenvalue weighted by Crippen LogP contribution is -2.37. The summed E-state index contributed by atoms with van der Waals surface area (Å²) in [6.45, 7) is 1.75. The standard InChI is InChI=1S/C8H9F3N2OS/c1-5-13-6(4-15-5)2-3-12-7(14)8(9,10)11/h4H,2-3H2,1H3,(H,12,14). The Morgan fingerprint density at radius 2 is 2.27 bits per heavy atom. The molecule has 0 atom stereocenters. The van der Waals surface area contributed by atoms with E-state index in [4.69, 9.17) is 0 Å². The van der Waals surface area contributed by atoms with E-state index in [-0.39, 0.29) is 6.54 Å². The molecule has 3 nitrogen and oxygen atoms in total. The fourth-order valence-corrected chi connectivity index (χ4v) is 1.57. The molecule has 0 radical (unpaired) electrons. The number of aromatic nitrogens is 1. The van der Waals surface area contributed by atoms with E-state index < -0.39 is 12.1 Å². The van der Waals surface area contributed by atoms with Gasteiger partial charge in [-0.25, -0.2) is 4.98 Å². The molecule has 0 bridgehead atoms. The molecular weight excluding hydrogens is 229 g/mol. The fourth-order valence-electron chi connectivity index (χ4n) is 0.927. The highest BCUT2D eigenvalue weighted by Crippen LogP contribution is 2.14. The molecule has 15 heavy (non-hydrogen) atoms. The molecule has 0 aromatic carbocycles. The zero-order valence-electron chi connectivity index (χ0n) is 7.89. The second-order valence-corrected chi connectivity index (χ2v) is 3.92. The predicted molar refractivity (Wildman–Crippen MR) is 49.6 cm³/mol. The first-order valence-electron chi connectivity index (χ1n) is 4.15. The number of alkyl halides is 3. The summed E-state index contributed by atoms with van der Waals surface area (Å²) in [5.74, 6) is -1.91. The minimum absolute atomic E-state index is 0.0541. The molecule has 84 valence electrons. The molecule has 1 rings (SSSR count). The molecule has 0 aliphatic carbocycles. The van der Waals surface area contributed by atoms with Gasteiger partial charge in [-0.2, -0.15) is 13.2 Å². The molecule has 1 aromatic rings. The molecule has 1 aromatic heterocycles. The summed E-state index contributed by atoms with van der Waals surface area (Å²) in [5.41, 5.74) is 0.694. The van der Waals surface area contributed by atoms with Crippen LogP contribution in [-0.2, 0) is 11.2 Å². The van der Waals surface area contributed by atoms with E-state index in [1.54, 1.807) is 10.7 Å². The van der Waals surface area contributed by atoms with Crippen LogP contribution in [0.1, 0.15) is 10.7 Å². The lowest BCUT2D eigenvalue weighted by Gasteiger charge is -2.06. The van der Waals surface area contributed by atoms with Crippen molar-refractivity contribution in [3.8, 4) is 0 Å². The molecule has 1 heterocycles. The topological polar surface area (TPSA) is 42.0 Å². The number of carbonyl (C=O) groups excluding carboxylic acids is 1. The third kappa shape index (κ3) is 3.86. The number of hydrogen-bond donors (Lipinski definition) is 1. The van der Waals surface area contributed by atoms with Gasteiger partial charge in [0.2, 0.25) is 0 Å². The number of amides is 1. The monoisotopic (exact) mass is 238 g/mol. The summed E-state index contributed by atoms with van der Waals surface area (Å²) >= 11 is 1.42. The highest BCUT2D eigenvalue weighted by Gasteiger charge is 2.38. The molecule has 0 aliphatic heterocycles. The SMILES string of the molecule is Cc1nc(CCNC(=O)C(F)(F)F)cs1. The summed E-state index contributed by atoms with van der Waals surface area (Å²) in [7, 11) is 0. The first kappa shape index (κ1) is 12.0. The van der Waals surface area contributed by atoms with Crippen LogP contribution in [0.15, 0.2) is 5.38 Å². The van der Waals surface area contributed by atoms with Gasteiger partial charge < -0.3 is 5.32 Å². The Labute approximate surface area is 88.3 Å². The van der Waals surface area contributed by atoms with E-state index in [2.05, 4.69) is 4.98 Å². The number of aryl methyl sites for hydroxylation is 1. The van der Waals surface area contributed by atoms with Crippen LogP contribution in [0.25, 0.3) is 0 Å². The number of nitrogens with one attached hydrogen (secondary N) is 1. The average Bonchev–Trinajstić information content (AvgIpc) is 2.49. The quantitative estimate of drug-likeness (QED) is 0.870. The Morgan fingerprint density at radius 1 is 1.60 bits per heavy atom. The summed E-state index contributed by atoms with van der Waals surface area (Å²) in [6.07, 6.45) is -4.50. The Bertz CT molecular complexity index is 348. The average molecular weight is 238 g/mol. The van der Waals surface area contributed by atoms with Crippen molar-refractivity contribution < 1.29 is 18.0 Å². The van der Waals surface area contributed by atoms with Crippen molar-refractivity contribution in [1.29, 1.82) is 0 Å². The highest BCUT2D eigenvalue weighted by atomic mass is 32.1. The molecular formula is C8H9F3N2OS. The normalized spacial score (nSPS) is 11.5. The van der Waals surface area contributed by atoms with Crippen molar-refractivity contribution in [3.63, 3.8) is 0 Å². The molecule has 1 N–H and O–H groups in total. The lowest BCUT2D eigenvalue weighted by atomic mass is 10.3. The first-order chi connectivity index (χ1) is 6.89. The molecule has 1 amide bonds. The maximum absolute atomic E-state index is 11.8. The van der Waals surface area contributed by atoms with Gasteiger partial charge in [0.15, 0.2) is 0 Å². The van der Waals surface area contributed by atoms with E-state index in [1.807, 2.05) is 6.92 Å². The summed E-state index contributed by atoms with van der Waals surface area (Å²) in [4.78, 5) is 14.5. The number of carbonyl (C=O) groups is 1. The fraction of sp³-hybridized carbons (Fsp3) is 0.500. The maximum atomic E-state index is 11.8. The van der Waals surface area contributed by atoms with Crippen LogP contribution in [-0.4, -0.2) is 23.6 Å². The van der Waals surface area contributed by atoms with Crippen LogP contribution in [0.3, 0.4) is 0 Å². The van der Waals surface area contributed by atoms with Gasteiger partial charge in [-0.15, -0.1) is 11.3 Å². The van der Waals surface area contributed by atoms with Gasteiger partial charge in [-0.05, 0) is 6.92 Å². The van der Waals surface area contributed by atoms with Crippen LogP contribution >= 0.6 is 11.3 Å². The largest absolute Gasteiger partial charge is 0.471 e. The van der Waals surface area contributed by atoms with Gasteiger partial charge in [0.25, 0.3) is 0 Å². The van der Waals surface area contributed by atoms with Gasteiger partial charge in [-0.3, -0.25) is 4.79 Å². The maximum Gasteiger partial charge on any atom is 0.471 e. The van der Waals surface area contributed by atoms with Crippen LogP contribution in [0, 0.1) is 6.92 Å². The van der Waals surface area contributed by atoms with Gasteiger partial charge in [-0.1, -0.05) is 0 Å². The summed E-state index contributed by atoms with van der Waals surface area (Å²) in [5, 5.41) is 4.39. The number of rotatable bonds is 3. The third-order valence-electron chi connectivity index (χ3n) is 1.59. The van der Waals surface area contributed by atoms with Crippen molar-refractivity contribution in [3.05, 3.63) is 16.1 Å². The van der Waals surface area contributed by atoms with Crippen LogP contribution in [0.4, 0.5) is 13.2 Å². The minimum Gasteiger partial charge on any atom is -0.348 e. The lowest BCUT2D eigenvalue weighted by molar-refractivity contribution is -0.173. The highest BCUT2D eigenvalue weighted by molar-refractivity contribution is 7.09. The molecule has 0 unspecified atom stereocenters. The Balaban J connectivity index is 2.31. The first-order valence-corrected chi connectivity index (χ1v) is 5.03. The molecule has 0 saturated heterocycles. The van der Waals surface area contributed by atoms with Gasteiger partial charge >= 0.3 is 12.1 Å². The van der Waals surface area contributed by atoms with E-state index in [0.29, 0.717) is 12.1 Å². The van der Waals surface area contributed by atoms with Crippen molar-refractivity contribution in [1.82, 2.24) is 10.3 Å². The van der Waals surface area contributed by atoms with E-state index in [9.17, 15) is 18.0 Å². The van der Waals surface area contributed by atoms with Gasteiger partial charge in [0.05, 0.1) is 10.7 Å². The zero-order chi connectivity index (χ0) is 11.5. The van der Waals surface area contributed by atoms with Gasteiger partial charge in [0, 0.05) is 18.3 Å². The van der Waals surface area contributed by atoms with Crippen molar-refractivity contribution >= 4 is 17.2 Å². The Hall–Kier alpha value is -1.11. The minimum atomic E-state index is -4.81. The van der Waals surface area contributed by atoms with Crippen molar-refractivity contribution in [2.75, 3.05) is 6.54 Å². The van der Waals surface area contributed by atoms with E-state index >= 15 is 0 Å². The molecule has 0 saturated carbocycles. The van der Waals surface area contributed by atoms with Crippen LogP contribution in [0.5, 0.6) is 0 Å². The molecule has 0 aliphatic rings. The predicted octanol–water partition coefficient (Wildman–Crippen LogP) is 1.67. The van der Waals surface area contributed by atoms with E-state index in [1.165, 1.54) is 11.3 Å². The second kappa shape index (κ2) is 4.61. The smallest absolute Gasteiger partial charge is 0.348 e. The number of hydrogen-bond acceptors (Lipinski definition) is 3. The van der Waals surface area contributed by atoms with Gasteiger partial charge in [0.1, 0.15) is 0 Å². The molecule has 0 spiro atoms. The van der Waals surface area contributed by atoms with Crippen LogP contribution < -0.4 is 5.32 Å². The molecule has 0 fully saturated rings.